The summed E-state index contributed by atoms with van der Waals surface area (Å²) in [5.41, 5.74) is 0.371. The molecule has 2 aromatic rings. The van der Waals surface area contributed by atoms with Crippen LogP contribution in [0.3, 0.4) is 0 Å². The summed E-state index contributed by atoms with van der Waals surface area (Å²) in [6.45, 7) is -0.981. The molecule has 15 heteroatoms. The van der Waals surface area contributed by atoms with Crippen LogP contribution < -0.4 is 0 Å². The van der Waals surface area contributed by atoms with Crippen LogP contribution in [0.5, 0.6) is 0 Å². The Morgan fingerprint density at radius 1 is 1.25 bits per heavy atom. The second-order valence-electron chi connectivity index (χ2n) is 6.60. The van der Waals surface area contributed by atoms with Crippen LogP contribution >= 0.6 is 23.2 Å². The van der Waals surface area contributed by atoms with Gasteiger partial charge in [0.25, 0.3) is 6.36 Å². The maximum atomic E-state index is 13.4. The third-order valence-corrected chi connectivity index (χ3v) is 4.82. The molecular formula is C17H15Cl2F6N3O4. The van der Waals surface area contributed by atoms with E-state index in [0.29, 0.717) is 10.6 Å². The van der Waals surface area contributed by atoms with Crippen LogP contribution in [-0.4, -0.2) is 52.9 Å². The molecule has 1 aliphatic rings. The molecule has 7 nitrogen and oxygen atoms in total. The van der Waals surface area contributed by atoms with Crippen molar-refractivity contribution in [2.24, 2.45) is 0 Å². The van der Waals surface area contributed by atoms with Crippen LogP contribution in [0.2, 0.25) is 10.0 Å². The summed E-state index contributed by atoms with van der Waals surface area (Å²) in [6.07, 6.45) is -12.9. The first-order chi connectivity index (χ1) is 14.9. The topological polar surface area (TPSA) is 67.6 Å². The zero-order valence-electron chi connectivity index (χ0n) is 15.9. The van der Waals surface area contributed by atoms with Crippen molar-refractivity contribution in [1.82, 2.24) is 14.8 Å². The van der Waals surface area contributed by atoms with E-state index in [1.54, 1.807) is 6.07 Å². The Balaban J connectivity index is 1.66. The maximum absolute atomic E-state index is 13.4. The molecular weight excluding hydrogens is 495 g/mol. The monoisotopic (exact) mass is 509 g/mol. The summed E-state index contributed by atoms with van der Waals surface area (Å²) in [4.78, 5) is 3.82. The molecule has 178 valence electrons. The lowest BCUT2D eigenvalue weighted by molar-refractivity contribution is -0.423. The van der Waals surface area contributed by atoms with Gasteiger partial charge in [-0.05, 0) is 18.6 Å². The van der Waals surface area contributed by atoms with Crippen LogP contribution in [0.25, 0.3) is 0 Å². The van der Waals surface area contributed by atoms with Crippen LogP contribution in [0.4, 0.5) is 26.3 Å². The molecule has 2 heterocycles. The minimum absolute atomic E-state index is 0.0200. The Morgan fingerprint density at radius 2 is 2.00 bits per heavy atom. The van der Waals surface area contributed by atoms with Gasteiger partial charge in [-0.3, -0.25) is 0 Å². The minimum Gasteiger partial charge on any atom is -0.342 e. The van der Waals surface area contributed by atoms with E-state index < -0.39 is 37.3 Å². The Morgan fingerprint density at radius 3 is 2.62 bits per heavy atom. The predicted octanol–water partition coefficient (Wildman–Crippen LogP) is 4.68. The van der Waals surface area contributed by atoms with Crippen LogP contribution in [0, 0.1) is 0 Å². The van der Waals surface area contributed by atoms with E-state index in [1.165, 1.54) is 29.5 Å². The molecule has 1 fully saturated rings. The fourth-order valence-electron chi connectivity index (χ4n) is 2.92. The van der Waals surface area contributed by atoms with Gasteiger partial charge in [-0.25, -0.2) is 18.8 Å². The number of aromatic nitrogens is 3. The Bertz CT molecular complexity index is 905. The van der Waals surface area contributed by atoms with Crippen molar-refractivity contribution in [1.29, 1.82) is 0 Å². The average Bonchev–Trinajstić information content (AvgIpc) is 3.31. The Kier molecular flexibility index (Phi) is 7.57. The lowest BCUT2D eigenvalue weighted by atomic mass is 10.1. The third kappa shape index (κ3) is 6.23. The number of hydrogen-bond donors (Lipinski definition) is 0. The van der Waals surface area contributed by atoms with Crippen molar-refractivity contribution in [2.45, 2.75) is 43.7 Å². The van der Waals surface area contributed by atoms with Gasteiger partial charge in [-0.1, -0.05) is 29.3 Å². The van der Waals surface area contributed by atoms with Crippen molar-refractivity contribution >= 4 is 23.2 Å². The fraction of sp³-hybridized carbons (Fsp3) is 0.529. The Hall–Kier alpha value is -1.64. The van der Waals surface area contributed by atoms with Gasteiger partial charge < -0.3 is 14.2 Å². The first-order valence-corrected chi connectivity index (χ1v) is 9.66. The first kappa shape index (κ1) is 25.0. The summed E-state index contributed by atoms with van der Waals surface area (Å²) in [5, 5.41) is 4.52. The van der Waals surface area contributed by atoms with Gasteiger partial charge in [0.2, 0.25) is 5.79 Å². The van der Waals surface area contributed by atoms with E-state index in [1.807, 2.05) is 0 Å². The van der Waals surface area contributed by atoms with Crippen molar-refractivity contribution < 1.29 is 45.3 Å². The second kappa shape index (κ2) is 9.69. The summed E-state index contributed by atoms with van der Waals surface area (Å²) >= 11 is 12.2. The van der Waals surface area contributed by atoms with Crippen molar-refractivity contribution in [2.75, 3.05) is 13.2 Å². The Labute approximate surface area is 187 Å². The van der Waals surface area contributed by atoms with Gasteiger partial charge in [-0.2, -0.15) is 13.9 Å². The standard InChI is InChI=1S/C17H15Cl2F6N3O4/c18-10-1-2-12(13(19)5-10)15(7-28-9-26-8-27-28)30-6-11(31-15)3-4-29-16(21,22)14(20)32-17(23,24)25/h1-2,5,8-9,11,14H,3-4,6-7H2. The van der Waals surface area contributed by atoms with Gasteiger partial charge in [0.05, 0.1) is 24.3 Å². The fourth-order valence-corrected chi connectivity index (χ4v) is 3.47. The highest BCUT2D eigenvalue weighted by atomic mass is 35.5. The number of rotatable bonds is 9. The van der Waals surface area contributed by atoms with E-state index in [-0.39, 0.29) is 24.6 Å². The van der Waals surface area contributed by atoms with Crippen LogP contribution in [-0.2, 0) is 31.3 Å². The predicted molar refractivity (Wildman–Crippen MR) is 96.5 cm³/mol. The van der Waals surface area contributed by atoms with Gasteiger partial charge in [0, 0.05) is 10.6 Å². The summed E-state index contributed by atoms with van der Waals surface area (Å²) in [7, 11) is 0. The molecule has 0 spiro atoms. The molecule has 0 saturated carbocycles. The number of nitrogens with zero attached hydrogens (tertiary/aromatic N) is 3. The lowest BCUT2D eigenvalue weighted by Gasteiger charge is -2.29. The van der Waals surface area contributed by atoms with Crippen molar-refractivity contribution in [3.63, 3.8) is 0 Å². The molecule has 0 bridgehead atoms. The van der Waals surface area contributed by atoms with E-state index in [4.69, 9.17) is 32.7 Å². The molecule has 3 rings (SSSR count). The number of halogens is 8. The quantitative estimate of drug-likeness (QED) is 0.457. The lowest BCUT2D eigenvalue weighted by Crippen LogP contribution is -2.39. The van der Waals surface area contributed by atoms with E-state index in [0.717, 1.165) is 0 Å². The van der Waals surface area contributed by atoms with Crippen molar-refractivity contribution in [3.8, 4) is 0 Å². The zero-order chi connectivity index (χ0) is 23.6. The third-order valence-electron chi connectivity index (χ3n) is 4.27. The summed E-state index contributed by atoms with van der Waals surface area (Å²) in [5.74, 6) is -1.50. The smallest absolute Gasteiger partial charge is 0.342 e. The summed E-state index contributed by atoms with van der Waals surface area (Å²) < 4.78 is 95.6. The zero-order valence-corrected chi connectivity index (χ0v) is 17.4. The van der Waals surface area contributed by atoms with Gasteiger partial charge in [0.1, 0.15) is 19.2 Å². The first-order valence-electron chi connectivity index (χ1n) is 8.90. The van der Waals surface area contributed by atoms with E-state index in [9.17, 15) is 26.3 Å². The van der Waals surface area contributed by atoms with Crippen LogP contribution in [0.15, 0.2) is 30.9 Å². The molecule has 0 radical (unpaired) electrons. The molecule has 3 atom stereocenters. The molecule has 1 aromatic carbocycles. The molecule has 0 N–H and O–H groups in total. The van der Waals surface area contributed by atoms with E-state index >= 15 is 0 Å². The summed E-state index contributed by atoms with van der Waals surface area (Å²) in [6, 6.07) is 4.54. The maximum Gasteiger partial charge on any atom is 0.525 e. The normalized spacial score (nSPS) is 22.9. The van der Waals surface area contributed by atoms with Gasteiger partial charge >= 0.3 is 12.5 Å². The van der Waals surface area contributed by atoms with Gasteiger partial charge in [0.15, 0.2) is 0 Å². The number of alkyl halides is 6. The molecule has 0 amide bonds. The SMILES string of the molecule is FC(OC(F)(F)F)C(F)(F)OCCC1COC(Cn2cncn2)(c2ccc(Cl)cc2Cl)O1. The number of benzene rings is 1. The van der Waals surface area contributed by atoms with Crippen molar-refractivity contribution in [3.05, 3.63) is 46.5 Å². The number of hydrogen-bond acceptors (Lipinski definition) is 6. The molecule has 3 unspecified atom stereocenters. The second-order valence-corrected chi connectivity index (χ2v) is 7.44. The number of ether oxygens (including phenoxy) is 4. The highest BCUT2D eigenvalue weighted by Gasteiger charge is 2.50. The molecule has 1 aliphatic heterocycles. The molecule has 0 aliphatic carbocycles. The molecule has 1 saturated heterocycles. The minimum atomic E-state index is -5.59. The van der Waals surface area contributed by atoms with E-state index in [2.05, 4.69) is 19.6 Å². The highest BCUT2D eigenvalue weighted by molar-refractivity contribution is 6.35. The largest absolute Gasteiger partial charge is 0.525 e. The average molecular weight is 510 g/mol. The highest BCUT2D eigenvalue weighted by Crippen LogP contribution is 2.41. The van der Waals surface area contributed by atoms with Crippen LogP contribution in [0.1, 0.15) is 12.0 Å². The molecule has 32 heavy (non-hydrogen) atoms. The molecule has 1 aromatic heterocycles. The van der Waals surface area contributed by atoms with Gasteiger partial charge in [-0.15, -0.1) is 13.2 Å².